The van der Waals surface area contributed by atoms with Gasteiger partial charge in [0.05, 0.1) is 27.8 Å². The van der Waals surface area contributed by atoms with E-state index in [-0.39, 0.29) is 18.3 Å². The van der Waals surface area contributed by atoms with Gasteiger partial charge in [-0.25, -0.2) is 0 Å². The van der Waals surface area contributed by atoms with Gasteiger partial charge >= 0.3 is 7.12 Å². The summed E-state index contributed by atoms with van der Waals surface area (Å²) in [6.07, 6.45) is 0. The number of rotatable bonds is 1. The Labute approximate surface area is 187 Å². The molecule has 4 aromatic carbocycles. The highest BCUT2D eigenvalue weighted by Gasteiger charge is 2.51. The largest absolute Gasteiger partial charge is 0.494 e. The van der Waals surface area contributed by atoms with E-state index in [1.807, 2.05) is 0 Å². The van der Waals surface area contributed by atoms with Crippen molar-refractivity contribution in [1.29, 1.82) is 0 Å². The van der Waals surface area contributed by atoms with Crippen LogP contribution in [-0.2, 0) is 9.31 Å². The quantitative estimate of drug-likeness (QED) is 0.294. The first-order valence-electron chi connectivity index (χ1n) is 11.3. The molecule has 156 valence electrons. The second-order valence-electron chi connectivity index (χ2n) is 10.1. The maximum absolute atomic E-state index is 6.31. The van der Waals surface area contributed by atoms with Gasteiger partial charge in [0, 0.05) is 26.9 Å². The fourth-order valence-electron chi connectivity index (χ4n) is 5.38. The summed E-state index contributed by atoms with van der Waals surface area (Å²) in [5, 5.41) is 7.69. The maximum Gasteiger partial charge on any atom is 0.494 e. The van der Waals surface area contributed by atoms with E-state index in [1.165, 1.54) is 48.9 Å². The molecule has 1 saturated heterocycles. The lowest BCUT2D eigenvalue weighted by atomic mass is 9.78. The molecule has 0 spiro atoms. The normalized spacial score (nSPS) is 18.2. The summed E-state index contributed by atoms with van der Waals surface area (Å²) in [6.45, 7) is 8.39. The first-order valence-corrected chi connectivity index (χ1v) is 11.3. The Balaban J connectivity index is 1.53. The predicted octanol–water partition coefficient (Wildman–Crippen LogP) is 6.29. The highest BCUT2D eigenvalue weighted by Crippen LogP contribution is 2.41. The van der Waals surface area contributed by atoms with E-state index in [0.717, 1.165) is 5.46 Å². The lowest BCUT2D eigenvalue weighted by Crippen LogP contribution is -2.41. The number of aromatic nitrogens is 1. The molecule has 0 amide bonds. The second-order valence-corrected chi connectivity index (χ2v) is 10.1. The average Bonchev–Trinajstić information content (AvgIpc) is 3.37. The molecule has 0 radical (unpaired) electrons. The zero-order chi connectivity index (χ0) is 21.8. The van der Waals surface area contributed by atoms with Crippen LogP contribution >= 0.6 is 0 Å². The van der Waals surface area contributed by atoms with Crippen LogP contribution in [0.4, 0.5) is 0 Å². The van der Waals surface area contributed by atoms with Gasteiger partial charge in [-0.15, -0.1) is 0 Å². The first kappa shape index (κ1) is 18.5. The molecule has 6 aromatic rings. The highest BCUT2D eigenvalue weighted by atomic mass is 16.7. The van der Waals surface area contributed by atoms with Crippen molar-refractivity contribution in [3.8, 4) is 0 Å². The Morgan fingerprint density at radius 2 is 1.22 bits per heavy atom. The SMILES string of the molecule is CC1(C)OB(c2ccc3c(ccc4c5cccc6c7ccccc7n(c34)c65)c2)OC1(C)C. The van der Waals surface area contributed by atoms with E-state index in [2.05, 4.69) is 105 Å². The van der Waals surface area contributed by atoms with Crippen molar-refractivity contribution in [3.63, 3.8) is 0 Å². The van der Waals surface area contributed by atoms with E-state index in [1.54, 1.807) is 0 Å². The molecule has 7 rings (SSSR count). The van der Waals surface area contributed by atoms with E-state index in [0.29, 0.717) is 0 Å². The fraction of sp³-hybridized carbons (Fsp3) is 0.214. The van der Waals surface area contributed by atoms with E-state index < -0.39 is 0 Å². The summed E-state index contributed by atoms with van der Waals surface area (Å²) < 4.78 is 15.1. The van der Waals surface area contributed by atoms with Gasteiger partial charge in [-0.2, -0.15) is 0 Å². The summed E-state index contributed by atoms with van der Waals surface area (Å²) in [5.41, 5.74) is 4.22. The molecule has 0 saturated carbocycles. The van der Waals surface area contributed by atoms with Crippen LogP contribution in [0.2, 0.25) is 0 Å². The zero-order valence-electron chi connectivity index (χ0n) is 18.8. The Morgan fingerprint density at radius 3 is 2.00 bits per heavy atom. The summed E-state index contributed by atoms with van der Waals surface area (Å²) in [6, 6.07) is 26.5. The average molecular weight is 417 g/mol. The molecular weight excluding hydrogens is 393 g/mol. The molecule has 3 nitrogen and oxygen atoms in total. The first-order chi connectivity index (χ1) is 15.4. The van der Waals surface area contributed by atoms with E-state index in [9.17, 15) is 0 Å². The standard InChI is InChI=1S/C28H24BNO2/c1-27(2)28(3,4)32-29(31-27)18-13-15-19-17(16-18)12-14-23-22-10-7-9-21-20-8-5-6-11-24(20)30(25(19)23)26(21)22/h5-16H,1-4H3. The third-order valence-corrected chi connectivity index (χ3v) is 7.75. The number of benzene rings is 4. The molecule has 3 heterocycles. The van der Waals surface area contributed by atoms with Gasteiger partial charge in [-0.3, -0.25) is 0 Å². The van der Waals surface area contributed by atoms with Crippen LogP contribution in [0.1, 0.15) is 27.7 Å². The third kappa shape index (κ3) is 2.19. The smallest absolute Gasteiger partial charge is 0.399 e. The van der Waals surface area contributed by atoms with Gasteiger partial charge in [-0.05, 0) is 44.6 Å². The van der Waals surface area contributed by atoms with Gasteiger partial charge in [0.15, 0.2) is 0 Å². The van der Waals surface area contributed by atoms with Gasteiger partial charge in [0.25, 0.3) is 0 Å². The Morgan fingerprint density at radius 1 is 0.625 bits per heavy atom. The van der Waals surface area contributed by atoms with Gasteiger partial charge < -0.3 is 13.7 Å². The minimum atomic E-state index is -0.353. The molecule has 0 unspecified atom stereocenters. The van der Waals surface area contributed by atoms with Gasteiger partial charge in [-0.1, -0.05) is 66.7 Å². The van der Waals surface area contributed by atoms with E-state index in [4.69, 9.17) is 9.31 Å². The lowest BCUT2D eigenvalue weighted by molar-refractivity contribution is 0.00578. The number of fused-ring (bicyclic) bond motifs is 8. The van der Waals surface area contributed by atoms with Gasteiger partial charge in [0.1, 0.15) is 0 Å². The van der Waals surface area contributed by atoms with Crippen LogP contribution in [0.15, 0.2) is 72.8 Å². The number of nitrogens with zero attached hydrogens (tertiary/aromatic N) is 1. The Kier molecular flexibility index (Phi) is 3.37. The van der Waals surface area contributed by atoms with Crippen LogP contribution in [0.3, 0.4) is 0 Å². The van der Waals surface area contributed by atoms with Crippen molar-refractivity contribution in [2.24, 2.45) is 0 Å². The molecule has 0 atom stereocenters. The predicted molar refractivity (Wildman–Crippen MR) is 134 cm³/mol. The molecule has 0 N–H and O–H groups in total. The van der Waals surface area contributed by atoms with Crippen LogP contribution in [-0.4, -0.2) is 22.7 Å². The van der Waals surface area contributed by atoms with Crippen molar-refractivity contribution in [3.05, 3.63) is 72.8 Å². The zero-order valence-corrected chi connectivity index (χ0v) is 18.8. The molecule has 4 heteroatoms. The van der Waals surface area contributed by atoms with Crippen LogP contribution in [0, 0.1) is 0 Å². The molecule has 0 aliphatic carbocycles. The highest BCUT2D eigenvalue weighted by molar-refractivity contribution is 6.62. The number of para-hydroxylation sites is 2. The molecule has 0 bridgehead atoms. The summed E-state index contributed by atoms with van der Waals surface area (Å²) in [7, 11) is -0.353. The summed E-state index contributed by atoms with van der Waals surface area (Å²) in [4.78, 5) is 0. The monoisotopic (exact) mass is 417 g/mol. The molecule has 1 fully saturated rings. The Hall–Kier alpha value is -3.08. The van der Waals surface area contributed by atoms with Gasteiger partial charge in [0.2, 0.25) is 0 Å². The topological polar surface area (TPSA) is 22.9 Å². The van der Waals surface area contributed by atoms with Crippen LogP contribution in [0.25, 0.3) is 48.9 Å². The Bertz CT molecular complexity index is 1680. The van der Waals surface area contributed by atoms with Crippen molar-refractivity contribution in [2.75, 3.05) is 0 Å². The maximum atomic E-state index is 6.31. The van der Waals surface area contributed by atoms with Crippen LogP contribution in [0.5, 0.6) is 0 Å². The molecule has 2 aromatic heterocycles. The number of hydrogen-bond donors (Lipinski definition) is 0. The van der Waals surface area contributed by atoms with Crippen LogP contribution < -0.4 is 5.46 Å². The third-order valence-electron chi connectivity index (χ3n) is 7.75. The molecule has 1 aliphatic rings. The molecule has 32 heavy (non-hydrogen) atoms. The lowest BCUT2D eigenvalue weighted by Gasteiger charge is -2.32. The van der Waals surface area contributed by atoms with Crippen molar-refractivity contribution < 1.29 is 9.31 Å². The van der Waals surface area contributed by atoms with Crippen molar-refractivity contribution >= 4 is 61.4 Å². The summed E-state index contributed by atoms with van der Waals surface area (Å²) in [5.74, 6) is 0. The van der Waals surface area contributed by atoms with Crippen molar-refractivity contribution in [1.82, 2.24) is 4.40 Å². The fourth-order valence-corrected chi connectivity index (χ4v) is 5.38. The minimum Gasteiger partial charge on any atom is -0.399 e. The van der Waals surface area contributed by atoms with Crippen molar-refractivity contribution in [2.45, 2.75) is 38.9 Å². The molecular formula is C28H24BNO2. The number of hydrogen-bond acceptors (Lipinski definition) is 2. The van der Waals surface area contributed by atoms with E-state index >= 15 is 0 Å². The second kappa shape index (κ2) is 5.83. The minimum absolute atomic E-state index is 0.345. The molecule has 1 aliphatic heterocycles. The summed E-state index contributed by atoms with van der Waals surface area (Å²) >= 11 is 0.